The Balaban J connectivity index is 1.29. The Morgan fingerprint density at radius 3 is 2.70 bits per heavy atom. The Hall–Kier alpha value is -2.53. The van der Waals surface area contributed by atoms with Crippen molar-refractivity contribution in [3.05, 3.63) is 54.6 Å². The van der Waals surface area contributed by atoms with Gasteiger partial charge in [-0.25, -0.2) is 4.99 Å². The summed E-state index contributed by atoms with van der Waals surface area (Å²) in [6.07, 6.45) is 5.24. The second kappa shape index (κ2) is 6.57. The molecule has 0 aromatic heterocycles. The number of hydrogen-bond acceptors (Lipinski definition) is 3. The van der Waals surface area contributed by atoms with Gasteiger partial charge in [0.05, 0.1) is 12.1 Å². The molecule has 27 heavy (non-hydrogen) atoms. The van der Waals surface area contributed by atoms with Gasteiger partial charge in [0.15, 0.2) is 5.96 Å². The van der Waals surface area contributed by atoms with Crippen LogP contribution < -0.4 is 15.8 Å². The number of benzene rings is 2. The van der Waals surface area contributed by atoms with E-state index in [0.717, 1.165) is 30.2 Å². The summed E-state index contributed by atoms with van der Waals surface area (Å²) < 4.78 is 11.9. The summed E-state index contributed by atoms with van der Waals surface area (Å²) in [7, 11) is 0. The van der Waals surface area contributed by atoms with E-state index in [1.54, 1.807) is 0 Å². The normalized spacial score (nSPS) is 28.1. The molecule has 2 aliphatic carbocycles. The zero-order valence-corrected chi connectivity index (χ0v) is 15.3. The number of aliphatic imine (C=N–C) groups is 1. The topological polar surface area (TPSA) is 68.9 Å². The van der Waals surface area contributed by atoms with Crippen LogP contribution in [0.3, 0.4) is 0 Å². The largest absolute Gasteiger partial charge is 0.457 e. The van der Waals surface area contributed by atoms with Gasteiger partial charge in [0.1, 0.15) is 11.5 Å². The molecule has 3 fully saturated rings. The van der Waals surface area contributed by atoms with Gasteiger partial charge in [0, 0.05) is 29.7 Å². The van der Waals surface area contributed by atoms with E-state index in [1.807, 2.05) is 54.6 Å². The lowest BCUT2D eigenvalue weighted by atomic mass is 9.46. The van der Waals surface area contributed by atoms with Crippen LogP contribution in [0.4, 0.5) is 5.69 Å². The van der Waals surface area contributed by atoms with Crippen molar-refractivity contribution in [2.75, 3.05) is 11.9 Å². The molecule has 0 bridgehead atoms. The molecule has 1 aliphatic heterocycles. The van der Waals surface area contributed by atoms with E-state index >= 15 is 0 Å². The van der Waals surface area contributed by atoms with Crippen LogP contribution in [0.25, 0.3) is 0 Å². The maximum absolute atomic E-state index is 6.26. The highest BCUT2D eigenvalue weighted by molar-refractivity contribution is 5.92. The summed E-state index contributed by atoms with van der Waals surface area (Å²) in [4.78, 5) is 4.87. The SMILES string of the molecule is NC(=NC1C2CCOC2C12CCC2)Nc1cccc(Oc2ccccc2)c1. The van der Waals surface area contributed by atoms with Crippen LogP contribution in [0.1, 0.15) is 25.7 Å². The molecular formula is C22H25N3O2. The van der Waals surface area contributed by atoms with E-state index in [1.165, 1.54) is 19.3 Å². The third-order valence-electron chi connectivity index (χ3n) is 6.35. The van der Waals surface area contributed by atoms with Gasteiger partial charge >= 0.3 is 0 Å². The highest BCUT2D eigenvalue weighted by Crippen LogP contribution is 2.64. The standard InChI is InChI=1S/C22H25N3O2/c23-21(25-19-18-10-13-26-20(18)22(19)11-5-12-22)24-15-6-4-9-17(14-15)27-16-7-2-1-3-8-16/h1-4,6-9,14,18-20H,5,10-13H2,(H3,23,24,25). The lowest BCUT2D eigenvalue weighted by Crippen LogP contribution is -2.65. The molecule has 3 aliphatic rings. The van der Waals surface area contributed by atoms with Crippen molar-refractivity contribution >= 4 is 11.6 Å². The number of fused-ring (bicyclic) bond motifs is 2. The van der Waals surface area contributed by atoms with Gasteiger partial charge in [0.25, 0.3) is 0 Å². The second-order valence-electron chi connectivity index (χ2n) is 7.86. The van der Waals surface area contributed by atoms with Crippen LogP contribution in [0.5, 0.6) is 11.5 Å². The van der Waals surface area contributed by atoms with Gasteiger partial charge in [-0.3, -0.25) is 0 Å². The van der Waals surface area contributed by atoms with Gasteiger partial charge in [-0.05, 0) is 43.5 Å². The molecule has 3 N–H and O–H groups in total. The molecule has 1 saturated heterocycles. The van der Waals surface area contributed by atoms with Crippen molar-refractivity contribution in [3.8, 4) is 11.5 Å². The van der Waals surface area contributed by atoms with Crippen molar-refractivity contribution in [1.82, 2.24) is 0 Å². The molecule has 5 nitrogen and oxygen atoms in total. The van der Waals surface area contributed by atoms with Crippen LogP contribution in [-0.2, 0) is 4.74 Å². The minimum atomic E-state index is 0.256. The number of nitrogens with zero attached hydrogens (tertiary/aromatic N) is 1. The lowest BCUT2D eigenvalue weighted by Gasteiger charge is -2.61. The number of ether oxygens (including phenoxy) is 2. The van der Waals surface area contributed by atoms with E-state index in [4.69, 9.17) is 20.2 Å². The minimum Gasteiger partial charge on any atom is -0.457 e. The lowest BCUT2D eigenvalue weighted by molar-refractivity contribution is -0.164. The number of rotatable bonds is 4. The first-order chi connectivity index (χ1) is 13.2. The molecule has 1 spiro atoms. The molecule has 1 heterocycles. The third-order valence-corrected chi connectivity index (χ3v) is 6.35. The number of para-hydroxylation sites is 1. The number of hydrogen-bond donors (Lipinski definition) is 2. The number of nitrogens with two attached hydrogens (primary N) is 1. The fourth-order valence-corrected chi connectivity index (χ4v) is 4.98. The average Bonchev–Trinajstić information content (AvgIpc) is 3.05. The highest BCUT2D eigenvalue weighted by atomic mass is 16.5. The fraction of sp³-hybridized carbons (Fsp3) is 0.409. The van der Waals surface area contributed by atoms with Crippen molar-refractivity contribution < 1.29 is 9.47 Å². The van der Waals surface area contributed by atoms with Gasteiger partial charge in [-0.2, -0.15) is 0 Å². The molecule has 2 saturated carbocycles. The summed E-state index contributed by atoms with van der Waals surface area (Å²) in [6, 6.07) is 17.8. The Bertz CT molecular complexity index is 848. The number of guanidine groups is 1. The summed E-state index contributed by atoms with van der Waals surface area (Å²) >= 11 is 0. The summed E-state index contributed by atoms with van der Waals surface area (Å²) in [6.45, 7) is 0.870. The molecule has 2 aromatic rings. The first-order valence-electron chi connectivity index (χ1n) is 9.79. The van der Waals surface area contributed by atoms with Crippen LogP contribution in [-0.4, -0.2) is 24.7 Å². The van der Waals surface area contributed by atoms with Crippen molar-refractivity contribution in [3.63, 3.8) is 0 Å². The van der Waals surface area contributed by atoms with Crippen molar-refractivity contribution in [2.24, 2.45) is 22.1 Å². The molecule has 5 heteroatoms. The van der Waals surface area contributed by atoms with E-state index in [0.29, 0.717) is 24.0 Å². The van der Waals surface area contributed by atoms with Gasteiger partial charge in [0.2, 0.25) is 0 Å². The zero-order valence-electron chi connectivity index (χ0n) is 15.3. The van der Waals surface area contributed by atoms with Crippen LogP contribution in [0.15, 0.2) is 59.6 Å². The molecule has 0 radical (unpaired) electrons. The monoisotopic (exact) mass is 363 g/mol. The molecule has 3 unspecified atom stereocenters. The minimum absolute atomic E-state index is 0.256. The Labute approximate surface area is 159 Å². The van der Waals surface area contributed by atoms with Crippen molar-refractivity contribution in [2.45, 2.75) is 37.8 Å². The summed E-state index contributed by atoms with van der Waals surface area (Å²) in [5.74, 6) is 2.60. The molecule has 2 aromatic carbocycles. The maximum Gasteiger partial charge on any atom is 0.193 e. The Morgan fingerprint density at radius 1 is 1.11 bits per heavy atom. The molecule has 5 rings (SSSR count). The quantitative estimate of drug-likeness (QED) is 0.632. The average molecular weight is 363 g/mol. The van der Waals surface area contributed by atoms with E-state index in [9.17, 15) is 0 Å². The third kappa shape index (κ3) is 2.86. The maximum atomic E-state index is 6.26. The van der Waals surface area contributed by atoms with E-state index < -0.39 is 0 Å². The smallest absolute Gasteiger partial charge is 0.193 e. The highest BCUT2D eigenvalue weighted by Gasteiger charge is 2.66. The molecular weight excluding hydrogens is 338 g/mol. The van der Waals surface area contributed by atoms with Gasteiger partial charge in [-0.15, -0.1) is 0 Å². The van der Waals surface area contributed by atoms with E-state index in [2.05, 4.69) is 5.32 Å². The zero-order chi connectivity index (χ0) is 18.3. The van der Waals surface area contributed by atoms with Crippen LogP contribution >= 0.6 is 0 Å². The van der Waals surface area contributed by atoms with E-state index in [-0.39, 0.29) is 5.41 Å². The van der Waals surface area contributed by atoms with Gasteiger partial charge in [-0.1, -0.05) is 30.7 Å². The number of anilines is 1. The van der Waals surface area contributed by atoms with Crippen LogP contribution in [0, 0.1) is 11.3 Å². The predicted octanol–water partition coefficient (Wildman–Crippen LogP) is 4.16. The molecule has 0 amide bonds. The fourth-order valence-electron chi connectivity index (χ4n) is 4.98. The summed E-state index contributed by atoms with van der Waals surface area (Å²) in [5, 5.41) is 3.24. The molecule has 140 valence electrons. The first-order valence-corrected chi connectivity index (χ1v) is 9.79. The van der Waals surface area contributed by atoms with Crippen LogP contribution in [0.2, 0.25) is 0 Å². The number of nitrogens with one attached hydrogen (secondary N) is 1. The molecule has 3 atom stereocenters. The van der Waals surface area contributed by atoms with Gasteiger partial charge < -0.3 is 20.5 Å². The first kappa shape index (κ1) is 16.6. The van der Waals surface area contributed by atoms with Crippen molar-refractivity contribution in [1.29, 1.82) is 0 Å². The Morgan fingerprint density at radius 2 is 1.93 bits per heavy atom. The summed E-state index contributed by atoms with van der Waals surface area (Å²) in [5.41, 5.74) is 7.39. The predicted molar refractivity (Wildman–Crippen MR) is 106 cm³/mol. The Kier molecular flexibility index (Phi) is 4.05. The second-order valence-corrected chi connectivity index (χ2v) is 7.86.